The first-order valence-corrected chi connectivity index (χ1v) is 21.0. The molecule has 58 heavy (non-hydrogen) atoms. The summed E-state index contributed by atoms with van der Waals surface area (Å²) in [6.45, 7) is 25.3. The molecule has 4 aromatic carbocycles. The van der Waals surface area contributed by atoms with E-state index >= 15 is 0 Å². The largest absolute Gasteiger partial charge is 0.304 e. The van der Waals surface area contributed by atoms with E-state index in [2.05, 4.69) is 144 Å². The zero-order valence-corrected chi connectivity index (χ0v) is 39.4. The second-order valence-corrected chi connectivity index (χ2v) is 16.3. The summed E-state index contributed by atoms with van der Waals surface area (Å²) < 4.78 is 0. The molecule has 0 aliphatic heterocycles. The maximum atomic E-state index is 11.7. The molecule has 0 unspecified atom stereocenters. The molecule has 2 aromatic heterocycles. The molecule has 0 saturated heterocycles. The van der Waals surface area contributed by atoms with Gasteiger partial charge in [0, 0.05) is 44.3 Å². The summed E-state index contributed by atoms with van der Waals surface area (Å²) in [5.74, 6) is 1.52. The van der Waals surface area contributed by atoms with Gasteiger partial charge >= 0.3 is 0 Å². The van der Waals surface area contributed by atoms with Crippen LogP contribution in [0, 0.1) is 51.7 Å². The van der Waals surface area contributed by atoms with Crippen LogP contribution in [0.4, 0.5) is 0 Å². The zero-order chi connectivity index (χ0) is 41.8. The van der Waals surface area contributed by atoms with Crippen molar-refractivity contribution in [2.45, 2.75) is 127 Å². The van der Waals surface area contributed by atoms with Gasteiger partial charge in [-0.05, 0) is 88.1 Å². The van der Waals surface area contributed by atoms with E-state index in [9.17, 15) is 9.59 Å². The monoisotopic (exact) mass is 953 g/mol. The SMILES string of the molecule is CCC(CC)C(=O)CC(=O)C(CC)CC.Cc1[c-]c(-c2cncc3cc(C(C)C)ccc23)cc(C)c1.Cc1[c-]c(-c2nccc3cc(C(C)C)ccc23)cc(C)c1.[Ir]. The minimum Gasteiger partial charge on any atom is -0.304 e. The van der Waals surface area contributed by atoms with Crippen molar-refractivity contribution in [3.63, 3.8) is 0 Å². The van der Waals surface area contributed by atoms with E-state index in [1.165, 1.54) is 49.4 Å². The maximum absolute atomic E-state index is 11.7. The van der Waals surface area contributed by atoms with Gasteiger partial charge in [0.25, 0.3) is 0 Å². The molecule has 0 amide bonds. The predicted molar refractivity (Wildman–Crippen MR) is 242 cm³/mol. The first-order chi connectivity index (χ1) is 27.2. The van der Waals surface area contributed by atoms with E-state index in [-0.39, 0.29) is 49.9 Å². The zero-order valence-electron chi connectivity index (χ0n) is 37.0. The number of carbonyl (C=O) groups excluding carboxylic acids is 2. The number of pyridine rings is 2. The fourth-order valence-corrected chi connectivity index (χ4v) is 7.55. The molecule has 0 N–H and O–H groups in total. The van der Waals surface area contributed by atoms with E-state index in [0.29, 0.717) is 11.8 Å². The molecule has 0 spiro atoms. The van der Waals surface area contributed by atoms with E-state index in [4.69, 9.17) is 0 Å². The summed E-state index contributed by atoms with van der Waals surface area (Å²) in [5, 5.41) is 4.89. The van der Waals surface area contributed by atoms with Crippen LogP contribution >= 0.6 is 0 Å². The van der Waals surface area contributed by atoms with Gasteiger partial charge in [-0.3, -0.25) is 14.6 Å². The molecule has 0 saturated carbocycles. The molecule has 0 atom stereocenters. The van der Waals surface area contributed by atoms with Crippen molar-refractivity contribution in [1.29, 1.82) is 0 Å². The Kier molecular flexibility index (Phi) is 18.8. The van der Waals surface area contributed by atoms with Gasteiger partial charge < -0.3 is 4.98 Å². The number of rotatable bonds is 12. The summed E-state index contributed by atoms with van der Waals surface area (Å²) in [5.41, 5.74) is 11.9. The van der Waals surface area contributed by atoms with Crippen LogP contribution in [0.25, 0.3) is 43.9 Å². The molecule has 0 aliphatic carbocycles. The number of benzene rings is 4. The Bertz CT molecular complexity index is 2080. The normalized spacial score (nSPS) is 11.0. The molecular weight excluding hydrogens is 889 g/mol. The number of nitrogens with zero attached hydrogens (tertiary/aromatic N) is 2. The van der Waals surface area contributed by atoms with Crippen LogP contribution in [0.2, 0.25) is 0 Å². The average molecular weight is 953 g/mol. The van der Waals surface area contributed by atoms with E-state index in [1.54, 1.807) is 0 Å². The Hall–Kier alpha value is -4.31. The van der Waals surface area contributed by atoms with Crippen molar-refractivity contribution in [1.82, 2.24) is 9.97 Å². The van der Waals surface area contributed by atoms with Crippen LogP contribution in [0.1, 0.15) is 133 Å². The number of carbonyl (C=O) groups is 2. The minimum absolute atomic E-state index is 0. The third-order valence-electron chi connectivity index (χ3n) is 11.0. The molecule has 6 aromatic rings. The molecule has 6 rings (SSSR count). The van der Waals surface area contributed by atoms with Gasteiger partial charge in [0.1, 0.15) is 11.6 Å². The van der Waals surface area contributed by atoms with Crippen molar-refractivity contribution < 1.29 is 29.7 Å². The van der Waals surface area contributed by atoms with Crippen molar-refractivity contribution in [3.8, 4) is 22.4 Å². The molecule has 309 valence electrons. The molecule has 0 fully saturated rings. The second-order valence-electron chi connectivity index (χ2n) is 16.3. The van der Waals surface area contributed by atoms with E-state index in [0.717, 1.165) is 53.6 Å². The third-order valence-corrected chi connectivity index (χ3v) is 11.0. The van der Waals surface area contributed by atoms with Crippen molar-refractivity contribution in [3.05, 3.63) is 131 Å². The van der Waals surface area contributed by atoms with E-state index < -0.39 is 0 Å². The number of aryl methyl sites for hydroxylation is 4. The molecule has 0 bridgehead atoms. The van der Waals surface area contributed by atoms with Crippen LogP contribution < -0.4 is 0 Å². The molecule has 4 nitrogen and oxygen atoms in total. The van der Waals surface area contributed by atoms with Crippen LogP contribution in [0.5, 0.6) is 0 Å². The van der Waals surface area contributed by atoms with Gasteiger partial charge in [-0.2, -0.15) is 0 Å². The van der Waals surface area contributed by atoms with Gasteiger partial charge in [-0.15, -0.1) is 69.8 Å². The molecule has 0 aliphatic rings. The quantitative estimate of drug-likeness (QED) is 0.0906. The third kappa shape index (κ3) is 12.8. The average Bonchev–Trinajstić information content (AvgIpc) is 3.17. The topological polar surface area (TPSA) is 59.9 Å². The van der Waals surface area contributed by atoms with Gasteiger partial charge in [0.2, 0.25) is 0 Å². The molecule has 5 heteroatoms. The first kappa shape index (κ1) is 48.1. The Morgan fingerprint density at radius 1 is 0.586 bits per heavy atom. The minimum atomic E-state index is 0. The fraction of sp³-hybridized carbons (Fsp3) is 0.396. The number of hydrogen-bond donors (Lipinski definition) is 0. The van der Waals surface area contributed by atoms with Gasteiger partial charge in [-0.25, -0.2) is 0 Å². The summed E-state index contributed by atoms with van der Waals surface area (Å²) in [4.78, 5) is 32.5. The van der Waals surface area contributed by atoms with Crippen LogP contribution in [0.3, 0.4) is 0 Å². The number of Topliss-reactive ketones (excluding diaryl/α,β-unsaturated/α-hetero) is 2. The van der Waals surface area contributed by atoms with Gasteiger partial charge in [-0.1, -0.05) is 125 Å². The second kappa shape index (κ2) is 22.7. The van der Waals surface area contributed by atoms with Crippen molar-refractivity contribution >= 4 is 33.1 Å². The molecule has 2 heterocycles. The van der Waals surface area contributed by atoms with Crippen LogP contribution in [0.15, 0.2) is 85.3 Å². The predicted octanol–water partition coefficient (Wildman–Crippen LogP) is 14.3. The number of fused-ring (bicyclic) bond motifs is 2. The first-order valence-electron chi connectivity index (χ1n) is 21.0. The van der Waals surface area contributed by atoms with Crippen molar-refractivity contribution in [2.75, 3.05) is 0 Å². The summed E-state index contributed by atoms with van der Waals surface area (Å²) in [7, 11) is 0. The molecule has 1 radical (unpaired) electrons. The van der Waals surface area contributed by atoms with Crippen LogP contribution in [-0.2, 0) is 29.7 Å². The Morgan fingerprint density at radius 2 is 1.07 bits per heavy atom. The smallest absolute Gasteiger partial charge is 0.143 e. The standard InChI is InChI=1S/2C20H20N.C13H24O2.Ir/c1-13(2)16-5-6-19-18(10-16)11-21-12-20(19)17-8-14(3)7-15(4)9-17;1-13(2)16-5-6-19-17(12-16)7-8-21-20(19)18-10-14(3)9-15(4)11-18;1-5-10(6-2)12(14)9-13(15)11(7-3)8-4;/h5-8,10-13H,1-4H3;5-10,12-13H,1-4H3;10-11H,5-9H2,1-4H3;/q2*-1;;. The number of ketones is 2. The Labute approximate surface area is 363 Å². The maximum Gasteiger partial charge on any atom is 0.143 e. The Balaban J connectivity index is 0.000000235. The summed E-state index contributed by atoms with van der Waals surface area (Å²) in [6.07, 6.45) is 9.36. The fourth-order valence-electron chi connectivity index (χ4n) is 7.55. The van der Waals surface area contributed by atoms with Crippen molar-refractivity contribution in [2.24, 2.45) is 11.8 Å². The number of hydrogen-bond acceptors (Lipinski definition) is 4. The van der Waals surface area contributed by atoms with E-state index in [1.807, 2.05) is 46.3 Å². The van der Waals surface area contributed by atoms with Crippen LogP contribution in [-0.4, -0.2) is 21.5 Å². The molecular formula is C53H64IrN2O2-2. The number of aromatic nitrogens is 2. The summed E-state index contributed by atoms with van der Waals surface area (Å²) >= 11 is 0. The Morgan fingerprint density at radius 3 is 1.57 bits per heavy atom. The summed E-state index contributed by atoms with van der Waals surface area (Å²) in [6, 6.07) is 31.0. The van der Waals surface area contributed by atoms with Gasteiger partial charge in [0.15, 0.2) is 0 Å². The van der Waals surface area contributed by atoms with Gasteiger partial charge in [0.05, 0.1) is 6.42 Å².